The average Bonchev–Trinajstić information content (AvgIpc) is 2.48. The van der Waals surface area contributed by atoms with E-state index in [1.54, 1.807) is 21.3 Å². The van der Waals surface area contributed by atoms with E-state index >= 15 is 0 Å². The first-order valence-corrected chi connectivity index (χ1v) is 9.45. The second kappa shape index (κ2) is 8.77. The van der Waals surface area contributed by atoms with Crippen molar-refractivity contribution in [1.82, 2.24) is 5.32 Å². The van der Waals surface area contributed by atoms with Crippen LogP contribution in [0.2, 0.25) is 6.04 Å². The zero-order valence-corrected chi connectivity index (χ0v) is 14.2. The molecule has 0 aromatic carbocycles. The number of rotatable bonds is 8. The lowest BCUT2D eigenvalue weighted by atomic mass is 9.80. The molecular formula is C14H29NO4Si. The Hall–Kier alpha value is -0.433. The molecule has 5 nitrogen and oxygen atoms in total. The van der Waals surface area contributed by atoms with Crippen molar-refractivity contribution in [2.24, 2.45) is 11.8 Å². The number of carbonyl (C=O) groups is 1. The minimum Gasteiger partial charge on any atom is -0.377 e. The van der Waals surface area contributed by atoms with Crippen molar-refractivity contribution in [1.29, 1.82) is 0 Å². The van der Waals surface area contributed by atoms with E-state index in [9.17, 15) is 4.79 Å². The summed E-state index contributed by atoms with van der Waals surface area (Å²) in [5.74, 6) is 0.906. The Kier molecular flexibility index (Phi) is 7.72. The summed E-state index contributed by atoms with van der Waals surface area (Å²) in [6, 6.07) is 0.719. The molecule has 2 atom stereocenters. The Balaban J connectivity index is 2.28. The molecule has 1 aliphatic rings. The van der Waals surface area contributed by atoms with Crippen LogP contribution in [-0.4, -0.2) is 42.6 Å². The topological polar surface area (TPSA) is 56.8 Å². The second-order valence-electron chi connectivity index (χ2n) is 5.56. The normalized spacial score (nSPS) is 23.6. The Morgan fingerprint density at radius 3 is 2.30 bits per heavy atom. The molecule has 1 saturated carbocycles. The van der Waals surface area contributed by atoms with Crippen LogP contribution in [0.25, 0.3) is 0 Å². The number of hydrogen-bond acceptors (Lipinski definition) is 4. The molecule has 0 radical (unpaired) electrons. The van der Waals surface area contributed by atoms with Gasteiger partial charge in [0.15, 0.2) is 0 Å². The van der Waals surface area contributed by atoms with Crippen LogP contribution in [0.1, 0.15) is 39.0 Å². The van der Waals surface area contributed by atoms with Gasteiger partial charge in [-0.3, -0.25) is 4.79 Å². The third kappa shape index (κ3) is 4.84. The van der Waals surface area contributed by atoms with Gasteiger partial charge in [0.25, 0.3) is 0 Å². The summed E-state index contributed by atoms with van der Waals surface area (Å²) >= 11 is 0. The van der Waals surface area contributed by atoms with E-state index in [2.05, 4.69) is 12.2 Å². The van der Waals surface area contributed by atoms with E-state index in [1.807, 2.05) is 0 Å². The van der Waals surface area contributed by atoms with Gasteiger partial charge in [-0.25, -0.2) is 0 Å². The Labute approximate surface area is 123 Å². The molecule has 0 aliphatic heterocycles. The fourth-order valence-electron chi connectivity index (χ4n) is 2.91. The summed E-state index contributed by atoms with van der Waals surface area (Å²) in [4.78, 5) is 12.1. The Morgan fingerprint density at radius 2 is 1.75 bits per heavy atom. The maximum Gasteiger partial charge on any atom is 0.500 e. The second-order valence-corrected chi connectivity index (χ2v) is 8.65. The van der Waals surface area contributed by atoms with E-state index < -0.39 is 8.80 Å². The Morgan fingerprint density at radius 1 is 1.15 bits per heavy atom. The van der Waals surface area contributed by atoms with E-state index in [4.69, 9.17) is 13.3 Å². The molecule has 6 heteroatoms. The fraction of sp³-hybridized carbons (Fsp3) is 0.929. The van der Waals surface area contributed by atoms with Crippen molar-refractivity contribution < 1.29 is 18.1 Å². The first-order valence-electron chi connectivity index (χ1n) is 7.51. The summed E-state index contributed by atoms with van der Waals surface area (Å²) in [6.45, 7) is 2.84. The van der Waals surface area contributed by atoms with Gasteiger partial charge in [0.05, 0.1) is 0 Å². The van der Waals surface area contributed by atoms with Crippen LogP contribution in [0.3, 0.4) is 0 Å². The van der Waals surface area contributed by atoms with Crippen LogP contribution in [0.4, 0.5) is 0 Å². The largest absolute Gasteiger partial charge is 0.500 e. The minimum absolute atomic E-state index is 0.193. The third-order valence-corrected chi connectivity index (χ3v) is 7.17. The Bertz CT molecular complexity index is 289. The highest BCUT2D eigenvalue weighted by Gasteiger charge is 2.37. The minimum atomic E-state index is -2.49. The molecule has 1 fully saturated rings. The van der Waals surface area contributed by atoms with Crippen LogP contribution in [0.15, 0.2) is 0 Å². The average molecular weight is 303 g/mol. The summed E-state index contributed by atoms with van der Waals surface area (Å²) in [6.07, 6.45) is 5.45. The van der Waals surface area contributed by atoms with E-state index in [1.165, 1.54) is 19.3 Å². The number of nitrogens with one attached hydrogen (secondary N) is 1. The predicted octanol–water partition coefficient (Wildman–Crippen LogP) is 2.20. The van der Waals surface area contributed by atoms with Crippen LogP contribution in [0, 0.1) is 11.8 Å². The summed E-state index contributed by atoms with van der Waals surface area (Å²) < 4.78 is 16.1. The quantitative estimate of drug-likeness (QED) is 0.552. The van der Waals surface area contributed by atoms with Gasteiger partial charge in [-0.05, 0) is 25.2 Å². The monoisotopic (exact) mass is 303 g/mol. The van der Waals surface area contributed by atoms with Crippen LogP contribution < -0.4 is 5.32 Å². The highest BCUT2D eigenvalue weighted by Crippen LogP contribution is 2.29. The first-order chi connectivity index (χ1) is 9.58. The molecule has 0 aromatic heterocycles. The van der Waals surface area contributed by atoms with Gasteiger partial charge in [-0.2, -0.15) is 0 Å². The summed E-state index contributed by atoms with van der Waals surface area (Å²) in [5.41, 5.74) is 0. The van der Waals surface area contributed by atoms with E-state index in [0.717, 1.165) is 18.9 Å². The SMILES string of the molecule is CO[Si](CCCNC(=O)C1CCCCC1C)(OC)OC. The predicted molar refractivity (Wildman–Crippen MR) is 80.3 cm³/mol. The third-order valence-electron chi connectivity index (χ3n) is 4.34. The lowest BCUT2D eigenvalue weighted by Gasteiger charge is -2.28. The van der Waals surface area contributed by atoms with Crippen molar-refractivity contribution >= 4 is 14.7 Å². The molecular weight excluding hydrogens is 274 g/mol. The van der Waals surface area contributed by atoms with Gasteiger partial charge in [0.2, 0.25) is 5.91 Å². The van der Waals surface area contributed by atoms with Crippen LogP contribution in [-0.2, 0) is 18.1 Å². The van der Waals surface area contributed by atoms with Crippen molar-refractivity contribution in [2.75, 3.05) is 27.9 Å². The van der Waals surface area contributed by atoms with E-state index in [0.29, 0.717) is 12.5 Å². The van der Waals surface area contributed by atoms with E-state index in [-0.39, 0.29) is 11.8 Å². The molecule has 1 aliphatic carbocycles. The van der Waals surface area contributed by atoms with Gasteiger partial charge in [0, 0.05) is 39.8 Å². The molecule has 0 heterocycles. The lowest BCUT2D eigenvalue weighted by molar-refractivity contribution is -0.127. The smallest absolute Gasteiger partial charge is 0.377 e. The molecule has 118 valence electrons. The molecule has 1 rings (SSSR count). The van der Waals surface area contributed by atoms with Crippen molar-refractivity contribution in [3.05, 3.63) is 0 Å². The lowest BCUT2D eigenvalue weighted by Crippen LogP contribution is -2.43. The molecule has 1 N–H and O–H groups in total. The zero-order chi connectivity index (χ0) is 15.0. The van der Waals surface area contributed by atoms with Crippen LogP contribution in [0.5, 0.6) is 0 Å². The molecule has 0 saturated heterocycles. The molecule has 2 unspecified atom stereocenters. The first kappa shape index (κ1) is 17.6. The van der Waals surface area contributed by atoms with Gasteiger partial charge in [-0.1, -0.05) is 19.8 Å². The maximum atomic E-state index is 12.1. The fourth-order valence-corrected chi connectivity index (χ4v) is 4.63. The number of amides is 1. The highest BCUT2D eigenvalue weighted by atomic mass is 28.4. The summed E-state index contributed by atoms with van der Waals surface area (Å²) in [7, 11) is 2.34. The molecule has 1 amide bonds. The number of carbonyl (C=O) groups excluding carboxylic acids is 1. The highest BCUT2D eigenvalue weighted by molar-refractivity contribution is 6.60. The van der Waals surface area contributed by atoms with Crippen molar-refractivity contribution in [3.63, 3.8) is 0 Å². The number of hydrogen-bond donors (Lipinski definition) is 1. The maximum absolute atomic E-state index is 12.1. The molecule has 0 spiro atoms. The standard InChI is InChI=1S/C14H29NO4Si/c1-12-8-5-6-9-13(12)14(16)15-10-7-11-20(17-2,18-3)19-4/h12-13H,5-11H2,1-4H3,(H,15,16). The van der Waals surface area contributed by atoms with Gasteiger partial charge >= 0.3 is 8.80 Å². The molecule has 0 aromatic rings. The zero-order valence-electron chi connectivity index (χ0n) is 13.2. The van der Waals surface area contributed by atoms with Crippen LogP contribution >= 0.6 is 0 Å². The van der Waals surface area contributed by atoms with Gasteiger partial charge in [0.1, 0.15) is 0 Å². The van der Waals surface area contributed by atoms with Gasteiger partial charge in [-0.15, -0.1) is 0 Å². The molecule has 20 heavy (non-hydrogen) atoms. The van der Waals surface area contributed by atoms with Gasteiger partial charge < -0.3 is 18.6 Å². The van der Waals surface area contributed by atoms with Crippen molar-refractivity contribution in [3.8, 4) is 0 Å². The molecule has 0 bridgehead atoms. The van der Waals surface area contributed by atoms with Crippen molar-refractivity contribution in [2.45, 2.75) is 45.1 Å². The summed E-state index contributed by atoms with van der Waals surface area (Å²) in [5, 5.41) is 3.04.